The summed E-state index contributed by atoms with van der Waals surface area (Å²) in [4.78, 5) is 16.3. The van der Waals surface area contributed by atoms with Gasteiger partial charge in [0.25, 0.3) is 0 Å². The smallest absolute Gasteiger partial charge is 0.359 e. The van der Waals surface area contributed by atoms with Crippen LogP contribution >= 0.6 is 11.3 Å². The molecule has 0 aliphatic carbocycles. The highest BCUT2D eigenvalue weighted by Crippen LogP contribution is 2.32. The molecule has 2 aromatic heterocycles. The van der Waals surface area contributed by atoms with E-state index in [9.17, 15) is 26.4 Å². The molecule has 10 nitrogen and oxygen atoms in total. The first-order valence-corrected chi connectivity index (χ1v) is 13.7. The molecule has 0 saturated carbocycles. The number of nitrogens with one attached hydrogen (secondary N) is 2. The van der Waals surface area contributed by atoms with Gasteiger partial charge in [0.15, 0.2) is 5.13 Å². The lowest BCUT2D eigenvalue weighted by atomic mass is 9.94. The van der Waals surface area contributed by atoms with Crippen molar-refractivity contribution in [3.8, 4) is 0 Å². The Bertz CT molecular complexity index is 1420. The number of sulfonamides is 1. The first-order chi connectivity index (χ1) is 17.0. The predicted molar refractivity (Wildman–Crippen MR) is 126 cm³/mol. The fourth-order valence-corrected chi connectivity index (χ4v) is 6.93. The van der Waals surface area contributed by atoms with Crippen molar-refractivity contribution < 1.29 is 26.4 Å². The Morgan fingerprint density at radius 1 is 1.25 bits per heavy atom. The van der Waals surface area contributed by atoms with Gasteiger partial charge in [-0.05, 0) is 31.0 Å². The molecule has 4 heterocycles. The number of carbonyl (C=O) groups excluding carboxylic acids is 1. The molecule has 0 spiro atoms. The number of benzene rings is 1. The molecule has 1 aromatic carbocycles. The summed E-state index contributed by atoms with van der Waals surface area (Å²) in [6.45, 7) is 2.43. The molecule has 36 heavy (non-hydrogen) atoms. The number of hydrogen-bond donors (Lipinski definition) is 2. The maximum Gasteiger partial charge on any atom is 0.396 e. The second-order valence-corrected chi connectivity index (χ2v) is 12.0. The van der Waals surface area contributed by atoms with Gasteiger partial charge in [-0.3, -0.25) is 4.79 Å². The van der Waals surface area contributed by atoms with Crippen LogP contribution in [0.2, 0.25) is 0 Å². The second kappa shape index (κ2) is 8.95. The lowest BCUT2D eigenvalue weighted by Crippen LogP contribution is -2.46. The molecule has 2 N–H and O–H groups in total. The zero-order chi connectivity index (χ0) is 25.7. The van der Waals surface area contributed by atoms with Crippen LogP contribution in [0.3, 0.4) is 0 Å². The number of fused-ring (bicyclic) bond motifs is 2. The largest absolute Gasteiger partial charge is 0.396 e. The monoisotopic (exact) mass is 543 g/mol. The van der Waals surface area contributed by atoms with Gasteiger partial charge < -0.3 is 15.2 Å². The number of nitrogens with zero attached hydrogens (tertiary/aromatic N) is 5. The van der Waals surface area contributed by atoms with Crippen LogP contribution in [0.5, 0.6) is 0 Å². The summed E-state index contributed by atoms with van der Waals surface area (Å²) in [6, 6.07) is 4.65. The number of aromatic nitrogens is 4. The second-order valence-electron chi connectivity index (χ2n) is 9.00. The van der Waals surface area contributed by atoms with Gasteiger partial charge in [0, 0.05) is 26.1 Å². The molecule has 2 aliphatic rings. The summed E-state index contributed by atoms with van der Waals surface area (Å²) < 4.78 is 68.1. The Morgan fingerprint density at radius 3 is 2.75 bits per heavy atom. The molecular weight excluding hydrogens is 519 g/mol. The number of hydrogen-bond acceptors (Lipinski definition) is 8. The van der Waals surface area contributed by atoms with Crippen molar-refractivity contribution in [3.05, 3.63) is 29.8 Å². The molecule has 1 amide bonds. The van der Waals surface area contributed by atoms with Crippen LogP contribution in [0.1, 0.15) is 37.8 Å². The van der Waals surface area contributed by atoms with E-state index in [1.54, 1.807) is 12.1 Å². The highest BCUT2D eigenvalue weighted by Gasteiger charge is 2.37. The molecule has 2 aliphatic heterocycles. The van der Waals surface area contributed by atoms with E-state index in [0.717, 1.165) is 12.8 Å². The first-order valence-electron chi connectivity index (χ1n) is 11.4. The van der Waals surface area contributed by atoms with E-state index in [-0.39, 0.29) is 47.6 Å². The molecule has 1 unspecified atom stereocenters. The van der Waals surface area contributed by atoms with Crippen LogP contribution in [0.4, 0.5) is 18.3 Å². The summed E-state index contributed by atoms with van der Waals surface area (Å²) in [7, 11) is -3.92. The van der Waals surface area contributed by atoms with Crippen LogP contribution in [0.25, 0.3) is 10.2 Å². The summed E-state index contributed by atoms with van der Waals surface area (Å²) >= 11 is 1.31. The third kappa shape index (κ3) is 4.78. The average Bonchev–Trinajstić information content (AvgIpc) is 3.53. The van der Waals surface area contributed by atoms with Crippen molar-refractivity contribution in [2.24, 2.45) is 0 Å². The minimum absolute atomic E-state index is 0.0105. The number of thiazole rings is 1. The summed E-state index contributed by atoms with van der Waals surface area (Å²) in [5, 5.41) is 14.3. The van der Waals surface area contributed by atoms with E-state index in [1.807, 2.05) is 6.92 Å². The minimum atomic E-state index is -4.42. The average molecular weight is 544 g/mol. The quantitative estimate of drug-likeness (QED) is 0.470. The zero-order valence-electron chi connectivity index (χ0n) is 19.3. The molecule has 1 saturated heterocycles. The maximum atomic E-state index is 13.3. The lowest BCUT2D eigenvalue weighted by molar-refractivity contribution is -0.129. The summed E-state index contributed by atoms with van der Waals surface area (Å²) in [5.41, 5.74) is 0.315. The standard InChI is InChI=1S/C21H24F3N7O3S2/c1-2-20(6-5-18(32)27-20)12-25-19-26-14-4-3-13(9-15(14)35-19)36(33,34)30-7-8-31-16(10-21(22,23)24)28-29-17(31)11-30/h3-4,9H,2,5-8,10-12H2,1H3,(H,25,26)(H,27,32). The Balaban J connectivity index is 1.32. The number of alkyl halides is 3. The van der Waals surface area contributed by atoms with Gasteiger partial charge >= 0.3 is 6.18 Å². The van der Waals surface area contributed by atoms with Gasteiger partial charge in [0.2, 0.25) is 15.9 Å². The maximum absolute atomic E-state index is 13.3. The van der Waals surface area contributed by atoms with Crippen LogP contribution < -0.4 is 10.6 Å². The van der Waals surface area contributed by atoms with Crippen molar-refractivity contribution in [3.63, 3.8) is 0 Å². The lowest BCUT2D eigenvalue weighted by Gasteiger charge is -2.27. The highest BCUT2D eigenvalue weighted by atomic mass is 32.2. The third-order valence-corrected chi connectivity index (χ3v) is 9.46. The number of halogens is 3. The fraction of sp³-hybridized carbons (Fsp3) is 0.524. The molecule has 1 atom stereocenters. The number of rotatable bonds is 7. The van der Waals surface area contributed by atoms with Crippen molar-refractivity contribution >= 4 is 42.6 Å². The predicted octanol–water partition coefficient (Wildman–Crippen LogP) is 2.67. The Kier molecular flexibility index (Phi) is 6.19. The van der Waals surface area contributed by atoms with E-state index in [2.05, 4.69) is 25.8 Å². The van der Waals surface area contributed by atoms with Gasteiger partial charge in [-0.15, -0.1) is 10.2 Å². The van der Waals surface area contributed by atoms with Gasteiger partial charge in [0.1, 0.15) is 18.1 Å². The molecule has 3 aromatic rings. The molecule has 15 heteroatoms. The molecule has 5 rings (SSSR count). The van der Waals surface area contributed by atoms with E-state index in [0.29, 0.717) is 28.3 Å². The topological polar surface area (TPSA) is 122 Å². The van der Waals surface area contributed by atoms with Gasteiger partial charge in [-0.2, -0.15) is 17.5 Å². The molecule has 0 radical (unpaired) electrons. The molecule has 0 bridgehead atoms. The van der Waals surface area contributed by atoms with E-state index >= 15 is 0 Å². The first kappa shape index (κ1) is 24.9. The SMILES string of the molecule is CCC1(CNc2nc3ccc(S(=O)(=O)N4CCn5c(nnc5CC(F)(F)F)C4)cc3s2)CCC(=O)N1. The number of amides is 1. The van der Waals surface area contributed by atoms with E-state index < -0.39 is 22.6 Å². The third-order valence-electron chi connectivity index (χ3n) is 6.64. The van der Waals surface area contributed by atoms with Crippen molar-refractivity contribution in [2.45, 2.75) is 62.3 Å². The van der Waals surface area contributed by atoms with Crippen LogP contribution in [0, 0.1) is 0 Å². The number of carbonyl (C=O) groups is 1. The van der Waals surface area contributed by atoms with Crippen LogP contribution in [-0.2, 0) is 34.3 Å². The van der Waals surface area contributed by atoms with E-state index in [1.165, 1.54) is 26.3 Å². The minimum Gasteiger partial charge on any atom is -0.359 e. The Morgan fingerprint density at radius 2 is 2.06 bits per heavy atom. The van der Waals surface area contributed by atoms with Crippen molar-refractivity contribution in [2.75, 3.05) is 18.4 Å². The van der Waals surface area contributed by atoms with Gasteiger partial charge in [-0.1, -0.05) is 18.3 Å². The van der Waals surface area contributed by atoms with Crippen LogP contribution in [0.15, 0.2) is 23.1 Å². The summed E-state index contributed by atoms with van der Waals surface area (Å²) in [5.74, 6) is -0.00805. The molecule has 1 fully saturated rings. The van der Waals surface area contributed by atoms with Crippen molar-refractivity contribution in [1.29, 1.82) is 0 Å². The number of anilines is 1. The van der Waals surface area contributed by atoms with Gasteiger partial charge in [-0.25, -0.2) is 13.4 Å². The molecular formula is C21H24F3N7O3S2. The van der Waals surface area contributed by atoms with Gasteiger partial charge in [0.05, 0.1) is 27.2 Å². The fourth-order valence-electron chi connectivity index (χ4n) is 4.54. The summed E-state index contributed by atoms with van der Waals surface area (Å²) in [6.07, 6.45) is -3.62. The zero-order valence-corrected chi connectivity index (χ0v) is 20.9. The normalized spacial score (nSPS) is 21.1. The molecule has 194 valence electrons. The van der Waals surface area contributed by atoms with Crippen molar-refractivity contribution in [1.82, 2.24) is 29.4 Å². The van der Waals surface area contributed by atoms with E-state index in [4.69, 9.17) is 0 Å². The van der Waals surface area contributed by atoms with Crippen LogP contribution in [-0.4, -0.2) is 63.2 Å². The Hall–Kier alpha value is -2.78. The highest BCUT2D eigenvalue weighted by molar-refractivity contribution is 7.89. The Labute approximate surface area is 209 Å².